The molecule has 3 rings (SSSR count). The zero-order valence-electron chi connectivity index (χ0n) is 16.5. The number of nitrogens with one attached hydrogen (secondary N) is 2. The minimum atomic E-state index is -0.302. The van der Waals surface area contributed by atoms with Crippen molar-refractivity contribution in [1.29, 1.82) is 0 Å². The molecule has 2 N–H and O–H groups in total. The highest BCUT2D eigenvalue weighted by Gasteiger charge is 2.33. The molecular weight excluding hydrogens is 358 g/mol. The average molecular weight is 388 g/mol. The van der Waals surface area contributed by atoms with E-state index in [2.05, 4.69) is 17.6 Å². The lowest BCUT2D eigenvalue weighted by molar-refractivity contribution is -0.146. The fraction of sp³-hybridized carbons (Fsp3) is 0.524. The number of carbonyl (C=O) groups is 1. The lowest BCUT2D eigenvalue weighted by Crippen LogP contribution is -2.45. The van der Waals surface area contributed by atoms with Crippen LogP contribution < -0.4 is 15.5 Å². The average Bonchev–Trinajstić information content (AvgIpc) is 2.61. The molecule has 5 nitrogen and oxygen atoms in total. The fourth-order valence-corrected chi connectivity index (χ4v) is 4.15. The first kappa shape index (κ1) is 19.7. The summed E-state index contributed by atoms with van der Waals surface area (Å²) in [4.78, 5) is 15.1. The van der Waals surface area contributed by atoms with Crippen LogP contribution in [0.4, 0.5) is 5.69 Å². The molecule has 0 unspecified atom stereocenters. The van der Waals surface area contributed by atoms with Gasteiger partial charge < -0.3 is 20.3 Å². The fourth-order valence-electron chi connectivity index (χ4n) is 3.88. The maximum atomic E-state index is 13.0. The number of allylic oxidation sites excluding steroid dienone is 1. The molecular formula is C21H29N3O2S. The minimum Gasteiger partial charge on any atom is -0.459 e. The summed E-state index contributed by atoms with van der Waals surface area (Å²) in [6.07, 6.45) is 4.23. The smallest absolute Gasteiger partial charge is 0.338 e. The minimum absolute atomic E-state index is 0.00666. The number of ether oxygens (including phenoxy) is 1. The standard InChI is InChI=1S/C21H29N3O2S/c1-13-6-5-7-17(12-13)26-20(25)18-14(2)22-21(27)23-19(18)15-8-10-16(11-9-15)24(3)4/h8-11,13,17,19H,5-7,12H2,1-4H3,(H2,22,23,27)/t13-,17+,19+/m0/s1. The number of carbonyl (C=O) groups excluding carboxylic acids is 1. The van der Waals surface area contributed by atoms with E-state index in [0.29, 0.717) is 16.6 Å². The lowest BCUT2D eigenvalue weighted by atomic mass is 9.88. The summed E-state index contributed by atoms with van der Waals surface area (Å²) >= 11 is 5.33. The van der Waals surface area contributed by atoms with Gasteiger partial charge in [0.25, 0.3) is 0 Å². The molecule has 1 aliphatic heterocycles. The lowest BCUT2D eigenvalue weighted by Gasteiger charge is -2.32. The summed E-state index contributed by atoms with van der Waals surface area (Å²) in [5.74, 6) is 0.354. The number of anilines is 1. The monoisotopic (exact) mass is 387 g/mol. The summed E-state index contributed by atoms with van der Waals surface area (Å²) in [6, 6.07) is 7.85. The molecule has 146 valence electrons. The highest BCUT2D eigenvalue weighted by atomic mass is 32.1. The van der Waals surface area contributed by atoms with Crippen LogP contribution in [0.3, 0.4) is 0 Å². The SMILES string of the molecule is CC1=C(C(=O)O[C@@H]2CCC[C@H](C)C2)[C@@H](c2ccc(N(C)C)cc2)NC(=S)N1. The van der Waals surface area contributed by atoms with Crippen LogP contribution in [0, 0.1) is 5.92 Å². The zero-order valence-corrected chi connectivity index (χ0v) is 17.4. The van der Waals surface area contributed by atoms with E-state index in [4.69, 9.17) is 17.0 Å². The molecule has 0 amide bonds. The Bertz CT molecular complexity index is 742. The Kier molecular flexibility index (Phi) is 6.05. The van der Waals surface area contributed by atoms with E-state index in [9.17, 15) is 4.79 Å². The van der Waals surface area contributed by atoms with Crippen molar-refractivity contribution in [1.82, 2.24) is 10.6 Å². The number of esters is 1. The molecule has 1 saturated carbocycles. The van der Waals surface area contributed by atoms with Gasteiger partial charge in [-0.25, -0.2) is 4.79 Å². The molecule has 1 aliphatic carbocycles. The van der Waals surface area contributed by atoms with Crippen molar-refractivity contribution >= 4 is 29.0 Å². The van der Waals surface area contributed by atoms with Crippen molar-refractivity contribution in [3.05, 3.63) is 41.1 Å². The van der Waals surface area contributed by atoms with Crippen LogP contribution in [0.25, 0.3) is 0 Å². The van der Waals surface area contributed by atoms with Gasteiger partial charge >= 0.3 is 5.97 Å². The molecule has 27 heavy (non-hydrogen) atoms. The summed E-state index contributed by atoms with van der Waals surface area (Å²) in [7, 11) is 4.01. The molecule has 0 spiro atoms. The van der Waals surface area contributed by atoms with E-state index in [1.807, 2.05) is 50.2 Å². The zero-order chi connectivity index (χ0) is 19.6. The number of thiocarbonyl (C=S) groups is 1. The Morgan fingerprint density at radius 3 is 2.56 bits per heavy atom. The van der Waals surface area contributed by atoms with Gasteiger partial charge in [0.15, 0.2) is 5.11 Å². The second-order valence-corrected chi connectivity index (χ2v) is 8.26. The maximum absolute atomic E-state index is 13.0. The van der Waals surface area contributed by atoms with E-state index < -0.39 is 0 Å². The van der Waals surface area contributed by atoms with E-state index in [1.165, 1.54) is 6.42 Å². The molecule has 0 aromatic heterocycles. The van der Waals surface area contributed by atoms with Crippen molar-refractivity contribution in [2.75, 3.05) is 19.0 Å². The van der Waals surface area contributed by atoms with Crippen molar-refractivity contribution < 1.29 is 9.53 Å². The van der Waals surface area contributed by atoms with Gasteiger partial charge in [-0.15, -0.1) is 0 Å². The van der Waals surface area contributed by atoms with Gasteiger partial charge in [-0.3, -0.25) is 0 Å². The van der Waals surface area contributed by atoms with Gasteiger partial charge in [-0.05, 0) is 62.0 Å². The molecule has 3 atom stereocenters. The number of hydrogen-bond donors (Lipinski definition) is 2. The van der Waals surface area contributed by atoms with Crippen LogP contribution in [0.1, 0.15) is 51.1 Å². The predicted octanol–water partition coefficient (Wildman–Crippen LogP) is 3.67. The Morgan fingerprint density at radius 1 is 1.22 bits per heavy atom. The van der Waals surface area contributed by atoms with Gasteiger partial charge in [0.1, 0.15) is 6.10 Å². The largest absolute Gasteiger partial charge is 0.459 e. The molecule has 1 aromatic carbocycles. The van der Waals surface area contributed by atoms with E-state index in [-0.39, 0.29) is 18.1 Å². The summed E-state index contributed by atoms with van der Waals surface area (Å²) in [5, 5.41) is 6.84. The van der Waals surface area contributed by atoms with E-state index >= 15 is 0 Å². The molecule has 2 aliphatic rings. The van der Waals surface area contributed by atoms with Crippen molar-refractivity contribution in [2.24, 2.45) is 5.92 Å². The Labute approximate surface area is 167 Å². The first-order chi connectivity index (χ1) is 12.8. The molecule has 1 heterocycles. The Hall–Kier alpha value is -2.08. The van der Waals surface area contributed by atoms with Gasteiger partial charge in [0, 0.05) is 25.5 Å². The first-order valence-corrected chi connectivity index (χ1v) is 10.0. The highest BCUT2D eigenvalue weighted by molar-refractivity contribution is 7.80. The maximum Gasteiger partial charge on any atom is 0.338 e. The molecule has 6 heteroatoms. The van der Waals surface area contributed by atoms with Crippen molar-refractivity contribution in [3.8, 4) is 0 Å². The van der Waals surface area contributed by atoms with Crippen molar-refractivity contribution in [3.63, 3.8) is 0 Å². The van der Waals surface area contributed by atoms with Gasteiger partial charge in [0.2, 0.25) is 0 Å². The molecule has 1 aromatic rings. The van der Waals surface area contributed by atoms with Gasteiger partial charge in [0.05, 0.1) is 11.6 Å². The second kappa shape index (κ2) is 8.30. The number of rotatable bonds is 4. The molecule has 0 bridgehead atoms. The van der Waals surface area contributed by atoms with Crippen LogP contribution >= 0.6 is 12.2 Å². The van der Waals surface area contributed by atoms with Gasteiger partial charge in [-0.2, -0.15) is 0 Å². The normalized spacial score (nSPS) is 25.5. The first-order valence-electron chi connectivity index (χ1n) is 9.61. The molecule has 0 saturated heterocycles. The van der Waals surface area contributed by atoms with Crippen LogP contribution in [0.2, 0.25) is 0 Å². The van der Waals surface area contributed by atoms with Crippen LogP contribution in [0.15, 0.2) is 35.5 Å². The molecule has 1 fully saturated rings. The third kappa shape index (κ3) is 4.61. The third-order valence-corrected chi connectivity index (χ3v) is 5.61. The topological polar surface area (TPSA) is 53.6 Å². The number of benzene rings is 1. The van der Waals surface area contributed by atoms with E-state index in [1.54, 1.807) is 0 Å². The van der Waals surface area contributed by atoms with E-state index in [0.717, 1.165) is 36.2 Å². The van der Waals surface area contributed by atoms with Crippen LogP contribution in [-0.4, -0.2) is 31.3 Å². The Morgan fingerprint density at radius 2 is 1.93 bits per heavy atom. The second-order valence-electron chi connectivity index (χ2n) is 7.86. The van der Waals surface area contributed by atoms with Crippen LogP contribution in [-0.2, 0) is 9.53 Å². The molecule has 0 radical (unpaired) electrons. The number of hydrogen-bond acceptors (Lipinski definition) is 4. The van der Waals surface area contributed by atoms with Crippen molar-refractivity contribution in [2.45, 2.75) is 51.7 Å². The predicted molar refractivity (Wildman–Crippen MR) is 113 cm³/mol. The third-order valence-electron chi connectivity index (χ3n) is 5.39. The summed E-state index contributed by atoms with van der Waals surface area (Å²) in [6.45, 7) is 4.11. The Balaban J connectivity index is 1.84. The summed E-state index contributed by atoms with van der Waals surface area (Å²) < 4.78 is 5.89. The van der Waals surface area contributed by atoms with Crippen LogP contribution in [0.5, 0.6) is 0 Å². The summed E-state index contributed by atoms with van der Waals surface area (Å²) in [5.41, 5.74) is 3.47. The number of nitrogens with zero attached hydrogens (tertiary/aromatic N) is 1. The quantitative estimate of drug-likeness (QED) is 0.607. The van der Waals surface area contributed by atoms with Gasteiger partial charge in [-0.1, -0.05) is 25.5 Å². The highest BCUT2D eigenvalue weighted by Crippen LogP contribution is 2.31.